The fourth-order valence-corrected chi connectivity index (χ4v) is 4.74. The maximum absolute atomic E-state index is 5.69. The van der Waals surface area contributed by atoms with E-state index in [1.165, 1.54) is 42.1 Å². The predicted octanol–water partition coefficient (Wildman–Crippen LogP) is 2.84. The highest BCUT2D eigenvalue weighted by molar-refractivity contribution is 7.98. The lowest BCUT2D eigenvalue weighted by Crippen LogP contribution is -2.27. The van der Waals surface area contributed by atoms with Gasteiger partial charge in [-0.2, -0.15) is 11.8 Å². The van der Waals surface area contributed by atoms with E-state index < -0.39 is 0 Å². The molecule has 0 saturated heterocycles. The molecule has 2 heterocycles. The van der Waals surface area contributed by atoms with Crippen LogP contribution in [0.15, 0.2) is 6.07 Å². The Morgan fingerprint density at radius 3 is 3.06 bits per heavy atom. The quantitative estimate of drug-likeness (QED) is 0.641. The van der Waals surface area contributed by atoms with Gasteiger partial charge in [-0.05, 0) is 36.1 Å². The van der Waals surface area contributed by atoms with E-state index in [4.69, 9.17) is 5.84 Å². The van der Waals surface area contributed by atoms with Crippen LogP contribution in [0.3, 0.4) is 0 Å². The summed E-state index contributed by atoms with van der Waals surface area (Å²) in [5.41, 5.74) is 4.56. The van der Waals surface area contributed by atoms with E-state index in [0.29, 0.717) is 6.04 Å². The molecular formula is C12H18N2S2. The molecule has 1 fully saturated rings. The molecule has 1 aromatic heterocycles. The molecule has 1 aliphatic carbocycles. The number of thiophene rings is 1. The number of hydrogen-bond donors (Lipinski definition) is 2. The second-order valence-corrected chi connectivity index (χ2v) is 7.07. The van der Waals surface area contributed by atoms with E-state index in [2.05, 4.69) is 23.3 Å². The van der Waals surface area contributed by atoms with Crippen LogP contribution in [0, 0.1) is 5.92 Å². The van der Waals surface area contributed by atoms with Crippen LogP contribution < -0.4 is 11.3 Å². The first-order valence-electron chi connectivity index (χ1n) is 6.02. The summed E-state index contributed by atoms with van der Waals surface area (Å²) in [5.74, 6) is 9.10. The van der Waals surface area contributed by atoms with Crippen molar-refractivity contribution in [3.8, 4) is 0 Å². The Morgan fingerprint density at radius 2 is 2.38 bits per heavy atom. The summed E-state index contributed by atoms with van der Waals surface area (Å²) < 4.78 is 0. The zero-order valence-electron chi connectivity index (χ0n) is 9.37. The van der Waals surface area contributed by atoms with Gasteiger partial charge in [-0.3, -0.25) is 11.3 Å². The van der Waals surface area contributed by atoms with Gasteiger partial charge in [0.15, 0.2) is 0 Å². The lowest BCUT2D eigenvalue weighted by molar-refractivity contribution is 0.494. The first-order chi connectivity index (χ1) is 7.86. The normalized spacial score (nSPS) is 21.8. The molecule has 1 atom stereocenters. The average molecular weight is 254 g/mol. The Bertz CT molecular complexity index is 348. The van der Waals surface area contributed by atoms with Crippen LogP contribution in [-0.4, -0.2) is 5.75 Å². The van der Waals surface area contributed by atoms with Gasteiger partial charge >= 0.3 is 0 Å². The van der Waals surface area contributed by atoms with Crippen LogP contribution in [0.5, 0.6) is 0 Å². The minimum absolute atomic E-state index is 0.396. The molecule has 1 aliphatic heterocycles. The first-order valence-corrected chi connectivity index (χ1v) is 7.99. The number of fused-ring (bicyclic) bond motifs is 1. The zero-order chi connectivity index (χ0) is 11.0. The predicted molar refractivity (Wildman–Crippen MR) is 71.6 cm³/mol. The fraction of sp³-hybridized carbons (Fsp3) is 0.667. The Balaban J connectivity index is 1.77. The van der Waals surface area contributed by atoms with Crippen molar-refractivity contribution in [2.24, 2.45) is 11.8 Å². The molecule has 2 aliphatic rings. The third kappa shape index (κ3) is 2.30. The number of thioether (sulfide) groups is 1. The second kappa shape index (κ2) is 4.69. The summed E-state index contributed by atoms with van der Waals surface area (Å²) in [7, 11) is 0. The van der Waals surface area contributed by atoms with Gasteiger partial charge in [-0.15, -0.1) is 11.3 Å². The number of hydrogen-bond acceptors (Lipinski definition) is 4. The molecule has 2 nitrogen and oxygen atoms in total. The Hall–Kier alpha value is -0.0300. The van der Waals surface area contributed by atoms with Crippen LogP contribution in [0.4, 0.5) is 0 Å². The molecule has 16 heavy (non-hydrogen) atoms. The molecule has 0 aromatic carbocycles. The molecule has 1 saturated carbocycles. The van der Waals surface area contributed by atoms with Gasteiger partial charge in [-0.25, -0.2) is 0 Å². The van der Waals surface area contributed by atoms with Gasteiger partial charge in [0.05, 0.1) is 6.04 Å². The van der Waals surface area contributed by atoms with Crippen LogP contribution in [0.1, 0.15) is 40.6 Å². The molecule has 0 bridgehead atoms. The highest BCUT2D eigenvalue weighted by atomic mass is 32.2. The van der Waals surface area contributed by atoms with Gasteiger partial charge in [-0.1, -0.05) is 12.8 Å². The SMILES string of the molecule is NNC(CC1CC1)c1cc2c(s1)CCSC2. The summed E-state index contributed by atoms with van der Waals surface area (Å²) in [5, 5.41) is 0. The number of aryl methyl sites for hydroxylation is 1. The summed E-state index contributed by atoms with van der Waals surface area (Å²) >= 11 is 4.03. The van der Waals surface area contributed by atoms with Crippen LogP contribution in [0.25, 0.3) is 0 Å². The van der Waals surface area contributed by atoms with Crippen molar-refractivity contribution >= 4 is 23.1 Å². The average Bonchev–Trinajstić information content (AvgIpc) is 3.02. The topological polar surface area (TPSA) is 38.0 Å². The summed E-state index contributed by atoms with van der Waals surface area (Å²) in [6, 6.07) is 2.78. The molecule has 0 spiro atoms. The largest absolute Gasteiger partial charge is 0.271 e. The highest BCUT2D eigenvalue weighted by Crippen LogP contribution is 2.41. The number of nitrogens with two attached hydrogens (primary N) is 1. The van der Waals surface area contributed by atoms with Crippen molar-refractivity contribution in [3.05, 3.63) is 21.4 Å². The standard InChI is InChI=1S/C12H18N2S2/c13-14-10(5-8-1-2-8)12-6-9-7-15-4-3-11(9)16-12/h6,8,10,14H,1-5,7,13H2. The van der Waals surface area contributed by atoms with Crippen LogP contribution in [0.2, 0.25) is 0 Å². The summed E-state index contributed by atoms with van der Waals surface area (Å²) in [6.45, 7) is 0. The van der Waals surface area contributed by atoms with E-state index in [1.54, 1.807) is 10.4 Å². The zero-order valence-corrected chi connectivity index (χ0v) is 11.0. The molecule has 4 heteroatoms. The number of nitrogens with one attached hydrogen (secondary N) is 1. The summed E-state index contributed by atoms with van der Waals surface area (Å²) in [6.07, 6.45) is 5.28. The smallest absolute Gasteiger partial charge is 0.0556 e. The maximum Gasteiger partial charge on any atom is 0.0556 e. The Kier molecular flexibility index (Phi) is 3.25. The molecule has 0 amide bonds. The lowest BCUT2D eigenvalue weighted by atomic mass is 10.1. The van der Waals surface area contributed by atoms with Crippen molar-refractivity contribution < 1.29 is 0 Å². The van der Waals surface area contributed by atoms with E-state index in [-0.39, 0.29) is 0 Å². The van der Waals surface area contributed by atoms with Crippen molar-refractivity contribution in [1.29, 1.82) is 0 Å². The van der Waals surface area contributed by atoms with Gasteiger partial charge in [0.2, 0.25) is 0 Å². The summed E-state index contributed by atoms with van der Waals surface area (Å²) in [4.78, 5) is 3.06. The third-order valence-corrected chi connectivity index (χ3v) is 5.82. The van der Waals surface area contributed by atoms with Gasteiger partial charge < -0.3 is 0 Å². The highest BCUT2D eigenvalue weighted by Gasteiger charge is 2.27. The molecule has 0 radical (unpaired) electrons. The Morgan fingerprint density at radius 1 is 1.50 bits per heavy atom. The molecule has 3 rings (SSSR count). The van der Waals surface area contributed by atoms with Crippen molar-refractivity contribution in [2.45, 2.75) is 37.5 Å². The van der Waals surface area contributed by atoms with Crippen LogP contribution in [-0.2, 0) is 12.2 Å². The number of rotatable bonds is 4. The van der Waals surface area contributed by atoms with Gasteiger partial charge in [0.25, 0.3) is 0 Å². The van der Waals surface area contributed by atoms with Gasteiger partial charge in [0, 0.05) is 15.5 Å². The van der Waals surface area contributed by atoms with E-state index in [9.17, 15) is 0 Å². The van der Waals surface area contributed by atoms with Crippen molar-refractivity contribution in [1.82, 2.24) is 5.43 Å². The van der Waals surface area contributed by atoms with E-state index in [0.717, 1.165) is 5.92 Å². The van der Waals surface area contributed by atoms with Gasteiger partial charge in [0.1, 0.15) is 0 Å². The molecule has 3 N–H and O–H groups in total. The fourth-order valence-electron chi connectivity index (χ4n) is 2.30. The third-order valence-electron chi connectivity index (χ3n) is 3.46. The Labute approximate surface area is 105 Å². The van der Waals surface area contributed by atoms with E-state index in [1.807, 2.05) is 11.3 Å². The second-order valence-electron chi connectivity index (χ2n) is 4.80. The first kappa shape index (κ1) is 11.1. The van der Waals surface area contributed by atoms with Crippen molar-refractivity contribution in [2.75, 3.05) is 5.75 Å². The molecular weight excluding hydrogens is 236 g/mol. The van der Waals surface area contributed by atoms with E-state index >= 15 is 0 Å². The molecule has 1 unspecified atom stereocenters. The minimum atomic E-state index is 0.396. The monoisotopic (exact) mass is 254 g/mol. The molecule has 88 valence electrons. The van der Waals surface area contributed by atoms with Crippen LogP contribution >= 0.6 is 23.1 Å². The maximum atomic E-state index is 5.69. The number of hydrazine groups is 1. The minimum Gasteiger partial charge on any atom is -0.271 e. The molecule has 1 aromatic rings. The van der Waals surface area contributed by atoms with Crippen molar-refractivity contribution in [3.63, 3.8) is 0 Å². The lowest BCUT2D eigenvalue weighted by Gasteiger charge is -2.13.